The van der Waals surface area contributed by atoms with E-state index >= 15 is 0 Å². The number of unbranched alkanes of at least 4 members (excludes halogenated alkanes) is 2. The fourth-order valence-electron chi connectivity index (χ4n) is 7.80. The van der Waals surface area contributed by atoms with Crippen molar-refractivity contribution in [1.82, 2.24) is 10.2 Å². The highest BCUT2D eigenvalue weighted by molar-refractivity contribution is 5.88. The highest BCUT2D eigenvalue weighted by atomic mass is 16.6. The lowest BCUT2D eigenvalue weighted by molar-refractivity contribution is -0.178. The normalized spacial score (nSPS) is 27.1. The first kappa shape index (κ1) is 29.9. The van der Waals surface area contributed by atoms with E-state index in [1.807, 2.05) is 0 Å². The van der Waals surface area contributed by atoms with Gasteiger partial charge in [0.2, 0.25) is 0 Å². The van der Waals surface area contributed by atoms with Gasteiger partial charge in [-0.3, -0.25) is 4.79 Å². The second-order valence-electron chi connectivity index (χ2n) is 13.7. The van der Waals surface area contributed by atoms with Gasteiger partial charge >= 0.3 is 0 Å². The Morgan fingerprint density at radius 1 is 0.889 bits per heavy atom. The lowest BCUT2D eigenvalue weighted by Crippen LogP contribution is -2.65. The van der Waals surface area contributed by atoms with Gasteiger partial charge in [0.15, 0.2) is 5.60 Å². The molecule has 1 amide bonds. The average Bonchev–Trinajstić information content (AvgIpc) is 2.96. The second-order valence-corrected chi connectivity index (χ2v) is 13.7. The zero-order valence-electron chi connectivity index (χ0n) is 24.7. The largest absolute Gasteiger partial charge is 0.384 e. The summed E-state index contributed by atoms with van der Waals surface area (Å²) in [4.78, 5) is 16.9. The summed E-state index contributed by atoms with van der Waals surface area (Å²) in [6.45, 7) is 12.7. The fraction of sp³-hybridized carbons (Fsp3) is 0.968. The van der Waals surface area contributed by atoms with Crippen LogP contribution >= 0.6 is 0 Å². The Hall–Kier alpha value is -0.650. The summed E-state index contributed by atoms with van der Waals surface area (Å²) < 4.78 is 13.0. The van der Waals surface area contributed by atoms with Gasteiger partial charge in [-0.15, -0.1) is 0 Å². The average molecular weight is 507 g/mol. The van der Waals surface area contributed by atoms with Gasteiger partial charge in [0.1, 0.15) is 5.72 Å². The van der Waals surface area contributed by atoms with E-state index in [4.69, 9.17) is 9.47 Å². The predicted octanol–water partition coefficient (Wildman–Crippen LogP) is 7.37. The highest BCUT2D eigenvalue weighted by Gasteiger charge is 2.64. The van der Waals surface area contributed by atoms with Crippen LogP contribution < -0.4 is 5.32 Å². The zero-order valence-corrected chi connectivity index (χ0v) is 24.7. The number of piperidine rings is 1. The molecule has 0 aromatic rings. The molecule has 5 nitrogen and oxygen atoms in total. The Balaban J connectivity index is 1.94. The predicted molar refractivity (Wildman–Crippen MR) is 149 cm³/mol. The van der Waals surface area contributed by atoms with Gasteiger partial charge in [-0.05, 0) is 65.7 Å². The Kier molecular flexibility index (Phi) is 10.7. The Morgan fingerprint density at radius 2 is 1.42 bits per heavy atom. The molecule has 3 aliphatic rings. The summed E-state index contributed by atoms with van der Waals surface area (Å²) in [5.41, 5.74) is -1.48. The molecule has 1 N–H and O–H groups in total. The molecule has 1 unspecified atom stereocenters. The monoisotopic (exact) mass is 506 g/mol. The Labute approximate surface area is 222 Å². The van der Waals surface area contributed by atoms with Crippen LogP contribution in [0.2, 0.25) is 0 Å². The molecule has 1 saturated carbocycles. The molecule has 1 atom stereocenters. The zero-order chi connectivity index (χ0) is 26.3. The minimum absolute atomic E-state index is 0.146. The van der Waals surface area contributed by atoms with Gasteiger partial charge < -0.3 is 19.7 Å². The smallest absolute Gasteiger partial charge is 0.257 e. The molecule has 2 saturated heterocycles. The van der Waals surface area contributed by atoms with E-state index in [0.29, 0.717) is 5.92 Å². The third-order valence-corrected chi connectivity index (χ3v) is 8.84. The first-order valence-electron chi connectivity index (χ1n) is 15.4. The molecule has 0 aromatic heterocycles. The van der Waals surface area contributed by atoms with Crippen molar-refractivity contribution in [2.24, 2.45) is 5.92 Å². The SMILES string of the molecule is CCCCCC(COC)CN1C(=O)C2(CC(C)(C)NC(C)(C)C2)OC12CCCCCCCCCCC2. The van der Waals surface area contributed by atoms with Crippen LogP contribution in [0.4, 0.5) is 0 Å². The maximum Gasteiger partial charge on any atom is 0.257 e. The van der Waals surface area contributed by atoms with Crippen LogP contribution in [-0.4, -0.2) is 53.5 Å². The van der Waals surface area contributed by atoms with Crippen molar-refractivity contribution >= 4 is 5.91 Å². The van der Waals surface area contributed by atoms with Crippen molar-refractivity contribution in [2.75, 3.05) is 20.3 Å². The van der Waals surface area contributed by atoms with Gasteiger partial charge in [-0.1, -0.05) is 71.1 Å². The number of amides is 1. The van der Waals surface area contributed by atoms with E-state index < -0.39 is 11.3 Å². The molecule has 1 aliphatic carbocycles. The van der Waals surface area contributed by atoms with Gasteiger partial charge in [0.05, 0.1) is 6.61 Å². The van der Waals surface area contributed by atoms with E-state index in [1.54, 1.807) is 7.11 Å². The topological polar surface area (TPSA) is 50.8 Å². The van der Waals surface area contributed by atoms with Gasteiger partial charge in [0.25, 0.3) is 5.91 Å². The van der Waals surface area contributed by atoms with E-state index in [0.717, 1.165) is 58.1 Å². The lowest BCUT2D eigenvalue weighted by Gasteiger charge is -2.50. The minimum atomic E-state index is -0.726. The van der Waals surface area contributed by atoms with Gasteiger partial charge in [0, 0.05) is 37.6 Å². The molecular weight excluding hydrogens is 448 g/mol. The van der Waals surface area contributed by atoms with Gasteiger partial charge in [-0.25, -0.2) is 0 Å². The summed E-state index contributed by atoms with van der Waals surface area (Å²) in [5.74, 6) is 0.624. The Bertz CT molecular complexity index is 661. The molecule has 0 radical (unpaired) electrons. The summed E-state index contributed by atoms with van der Waals surface area (Å²) in [7, 11) is 1.81. The van der Waals surface area contributed by atoms with E-state index in [-0.39, 0.29) is 17.0 Å². The second kappa shape index (κ2) is 12.9. The number of ether oxygens (including phenoxy) is 2. The summed E-state index contributed by atoms with van der Waals surface area (Å²) in [5, 5.41) is 3.79. The number of rotatable bonds is 8. The number of nitrogens with zero attached hydrogens (tertiary/aromatic N) is 1. The van der Waals surface area contributed by atoms with E-state index in [2.05, 4.69) is 44.8 Å². The number of carbonyl (C=O) groups is 1. The molecule has 2 heterocycles. The molecule has 5 heteroatoms. The molecule has 2 spiro atoms. The lowest BCUT2D eigenvalue weighted by atomic mass is 9.72. The molecule has 3 fully saturated rings. The molecule has 0 aromatic carbocycles. The van der Waals surface area contributed by atoms with Crippen molar-refractivity contribution in [1.29, 1.82) is 0 Å². The molecule has 36 heavy (non-hydrogen) atoms. The summed E-state index contributed by atoms with van der Waals surface area (Å²) in [6.07, 6.45) is 19.7. The number of nitrogens with one attached hydrogen (secondary N) is 1. The van der Waals surface area contributed by atoms with E-state index in [1.165, 1.54) is 64.2 Å². The van der Waals surface area contributed by atoms with Crippen molar-refractivity contribution in [3.8, 4) is 0 Å². The summed E-state index contributed by atoms with van der Waals surface area (Å²) in [6, 6.07) is 0. The van der Waals surface area contributed by atoms with Crippen LogP contribution in [0.1, 0.15) is 144 Å². The Morgan fingerprint density at radius 3 is 1.92 bits per heavy atom. The van der Waals surface area contributed by atoms with Crippen LogP contribution in [0.5, 0.6) is 0 Å². The van der Waals surface area contributed by atoms with Gasteiger partial charge in [-0.2, -0.15) is 0 Å². The molecule has 210 valence electrons. The highest BCUT2D eigenvalue weighted by Crippen LogP contribution is 2.51. The minimum Gasteiger partial charge on any atom is -0.384 e. The van der Waals surface area contributed by atoms with Crippen LogP contribution in [-0.2, 0) is 14.3 Å². The van der Waals surface area contributed by atoms with Crippen LogP contribution in [0, 0.1) is 5.92 Å². The van der Waals surface area contributed by atoms with E-state index in [9.17, 15) is 4.79 Å². The van der Waals surface area contributed by atoms with Crippen LogP contribution in [0.25, 0.3) is 0 Å². The molecule has 3 rings (SSSR count). The maximum absolute atomic E-state index is 14.6. The number of hydrogen-bond donors (Lipinski definition) is 1. The van der Waals surface area contributed by atoms with Crippen LogP contribution in [0.3, 0.4) is 0 Å². The van der Waals surface area contributed by atoms with Crippen molar-refractivity contribution in [3.05, 3.63) is 0 Å². The number of methoxy groups -OCH3 is 1. The quantitative estimate of drug-likeness (QED) is 0.349. The summed E-state index contributed by atoms with van der Waals surface area (Å²) >= 11 is 0. The maximum atomic E-state index is 14.6. The standard InChI is InChI=1S/C31H58N2O3/c1-7-8-16-19-26(23-35-6)22-33-27(34)30(24-28(2,3)32-29(4,5)25-30)36-31(33)20-17-14-12-10-9-11-13-15-18-21-31/h26,32H,7-25H2,1-6H3. The number of carbonyl (C=O) groups excluding carboxylic acids is 1. The third kappa shape index (κ3) is 7.69. The molecule has 2 aliphatic heterocycles. The van der Waals surface area contributed by atoms with Crippen molar-refractivity contribution in [3.63, 3.8) is 0 Å². The van der Waals surface area contributed by atoms with Crippen LogP contribution in [0.15, 0.2) is 0 Å². The molecule has 0 bridgehead atoms. The first-order valence-corrected chi connectivity index (χ1v) is 15.4. The first-order chi connectivity index (χ1) is 17.1. The van der Waals surface area contributed by atoms with Crippen molar-refractivity contribution in [2.45, 2.75) is 166 Å². The third-order valence-electron chi connectivity index (χ3n) is 8.84. The van der Waals surface area contributed by atoms with Crippen molar-refractivity contribution < 1.29 is 14.3 Å². The fourth-order valence-corrected chi connectivity index (χ4v) is 7.80. The molecular formula is C31H58N2O3. The number of hydrogen-bond acceptors (Lipinski definition) is 4.